The number of rotatable bonds is 16. The van der Waals surface area contributed by atoms with E-state index in [1.807, 2.05) is 13.8 Å². The molecule has 0 radical (unpaired) electrons. The van der Waals surface area contributed by atoms with Crippen LogP contribution in [0.2, 0.25) is 0 Å². The molecule has 5 aromatic rings. The van der Waals surface area contributed by atoms with Gasteiger partial charge in [-0.1, -0.05) is 62.4 Å². The normalized spacial score (nSPS) is 12.7. The first-order valence-electron chi connectivity index (χ1n) is 19.2. The molecule has 0 bridgehead atoms. The molecule has 1 aromatic heterocycles. The molecule has 12 nitrogen and oxygen atoms in total. The van der Waals surface area contributed by atoms with Crippen LogP contribution in [0.15, 0.2) is 89.7 Å². The van der Waals surface area contributed by atoms with Crippen LogP contribution in [-0.4, -0.2) is 96.0 Å². The van der Waals surface area contributed by atoms with Gasteiger partial charge in [0.25, 0.3) is 5.56 Å². The van der Waals surface area contributed by atoms with E-state index in [1.165, 1.54) is 33.7 Å². The fourth-order valence-corrected chi connectivity index (χ4v) is 6.32. The van der Waals surface area contributed by atoms with Crippen molar-refractivity contribution in [2.75, 3.05) is 26.2 Å². The first kappa shape index (κ1) is 49.4. The van der Waals surface area contributed by atoms with Gasteiger partial charge in [-0.05, 0) is 78.2 Å². The standard InChI is InChI=1S/C39H36F8N4O2.C4H6O6/c1-3-49(4-2)20-21-50(23-25-8-10-26(11-9-25)27-12-15-29(16-13-27)38(42,43)44)35(52)24-51-33-22-30(39(45,46)47)17-18-31(33)37(53)48-34(51)19-14-28-6-5-7-32(40)36(28)41;5-1(3(7)8)2(6)4(9)10/h5-13,15-18,22H,3-4,14,19-21,23-24H2,1-2H3;1-2,5-6H,(H,7,8)(H,9,10). The van der Waals surface area contributed by atoms with Crippen LogP contribution in [0.25, 0.3) is 22.0 Å². The molecular weight excluding hydrogens is 852 g/mol. The van der Waals surface area contributed by atoms with Crippen LogP contribution in [0, 0.1) is 11.6 Å². The van der Waals surface area contributed by atoms with Crippen molar-refractivity contribution in [2.24, 2.45) is 0 Å². The van der Waals surface area contributed by atoms with Gasteiger partial charge in [0, 0.05) is 26.1 Å². The zero-order valence-electron chi connectivity index (χ0n) is 33.6. The minimum Gasteiger partial charge on any atom is -0.479 e. The third-order valence-corrected chi connectivity index (χ3v) is 9.94. The van der Waals surface area contributed by atoms with Crippen molar-refractivity contribution in [3.05, 3.63) is 135 Å². The molecule has 1 heterocycles. The van der Waals surface area contributed by atoms with Crippen LogP contribution in [0.1, 0.15) is 41.9 Å². The fourth-order valence-electron chi connectivity index (χ4n) is 6.32. The lowest BCUT2D eigenvalue weighted by atomic mass is 10.0. The lowest BCUT2D eigenvalue weighted by Crippen LogP contribution is -2.40. The number of aromatic nitrogens is 2. The van der Waals surface area contributed by atoms with E-state index in [4.69, 9.17) is 20.4 Å². The number of likely N-dealkylation sites (N-methyl/N-ethyl adjacent to an activating group) is 1. The maximum atomic E-state index is 14.5. The number of aliphatic hydroxyl groups is 2. The molecule has 2 atom stereocenters. The average molecular weight is 895 g/mol. The number of amides is 1. The molecule has 0 saturated heterocycles. The van der Waals surface area contributed by atoms with Crippen molar-refractivity contribution in [1.29, 1.82) is 0 Å². The van der Waals surface area contributed by atoms with Crippen molar-refractivity contribution >= 4 is 28.7 Å². The molecule has 1 amide bonds. The number of alkyl halides is 6. The maximum Gasteiger partial charge on any atom is 0.416 e. The molecule has 20 heteroatoms. The Morgan fingerprint density at radius 3 is 1.79 bits per heavy atom. The summed E-state index contributed by atoms with van der Waals surface area (Å²) in [5.41, 5.74) is -1.00. The summed E-state index contributed by atoms with van der Waals surface area (Å²) in [6.45, 7) is 5.55. The molecule has 338 valence electrons. The van der Waals surface area contributed by atoms with Gasteiger partial charge in [0.05, 0.1) is 22.0 Å². The first-order chi connectivity index (χ1) is 29.5. The monoisotopic (exact) mass is 894 g/mol. The number of hydrogen-bond donors (Lipinski definition) is 4. The number of aryl methyl sites for hydroxylation is 2. The Morgan fingerprint density at radius 1 is 0.730 bits per heavy atom. The minimum atomic E-state index is -4.77. The Balaban J connectivity index is 0.000000775. The van der Waals surface area contributed by atoms with Crippen LogP contribution in [0.3, 0.4) is 0 Å². The Morgan fingerprint density at radius 2 is 1.27 bits per heavy atom. The van der Waals surface area contributed by atoms with Crippen LogP contribution in [0.4, 0.5) is 35.1 Å². The predicted molar refractivity (Wildman–Crippen MR) is 212 cm³/mol. The SMILES string of the molecule is CCN(CC)CCN(Cc1ccc(-c2ccc(C(F)(F)F)cc2)cc1)C(=O)Cn1c(CCc2cccc(F)c2F)nc(=O)c2ccc(C(F)(F)F)cc21.O=C(O)C(O)C(O)C(=O)O. The zero-order valence-corrected chi connectivity index (χ0v) is 33.6. The fraction of sp³-hybridized carbons (Fsp3) is 0.326. The number of fused-ring (bicyclic) bond motifs is 1. The van der Waals surface area contributed by atoms with Crippen molar-refractivity contribution in [2.45, 2.75) is 64.3 Å². The summed E-state index contributed by atoms with van der Waals surface area (Å²) in [5, 5.41) is 32.4. The van der Waals surface area contributed by atoms with Gasteiger partial charge in [0.2, 0.25) is 5.91 Å². The van der Waals surface area contributed by atoms with E-state index in [2.05, 4.69) is 9.88 Å². The molecule has 0 spiro atoms. The number of aliphatic hydroxyl groups excluding tert-OH is 2. The van der Waals surface area contributed by atoms with Crippen molar-refractivity contribution < 1.29 is 69.9 Å². The first-order valence-corrected chi connectivity index (χ1v) is 19.2. The zero-order chi connectivity index (χ0) is 46.8. The highest BCUT2D eigenvalue weighted by molar-refractivity contribution is 5.83. The van der Waals surface area contributed by atoms with Crippen molar-refractivity contribution in [1.82, 2.24) is 19.4 Å². The highest BCUT2D eigenvalue weighted by atomic mass is 19.4. The van der Waals surface area contributed by atoms with Gasteiger partial charge in [0.1, 0.15) is 12.4 Å². The molecule has 63 heavy (non-hydrogen) atoms. The third-order valence-electron chi connectivity index (χ3n) is 9.94. The molecule has 0 saturated carbocycles. The molecule has 0 aliphatic rings. The highest BCUT2D eigenvalue weighted by Gasteiger charge is 2.32. The average Bonchev–Trinajstić information content (AvgIpc) is 3.24. The number of benzene rings is 4. The molecule has 5 rings (SSSR count). The van der Waals surface area contributed by atoms with Crippen LogP contribution >= 0.6 is 0 Å². The summed E-state index contributed by atoms with van der Waals surface area (Å²) in [4.78, 5) is 54.5. The number of hydrogen-bond acceptors (Lipinski definition) is 8. The van der Waals surface area contributed by atoms with Gasteiger partial charge in [-0.15, -0.1) is 0 Å². The maximum absolute atomic E-state index is 14.5. The Labute approximate surface area is 354 Å². The van der Waals surface area contributed by atoms with Crippen molar-refractivity contribution in [3.63, 3.8) is 0 Å². The smallest absolute Gasteiger partial charge is 0.416 e. The third kappa shape index (κ3) is 13.1. The van der Waals surface area contributed by atoms with E-state index in [0.717, 1.165) is 36.4 Å². The summed E-state index contributed by atoms with van der Waals surface area (Å²) in [6.07, 6.45) is -14.1. The number of carboxylic acid groups (broad SMARTS) is 2. The van der Waals surface area contributed by atoms with E-state index < -0.39 is 77.3 Å². The second-order valence-corrected chi connectivity index (χ2v) is 14.0. The Hall–Kier alpha value is -6.25. The lowest BCUT2D eigenvalue weighted by molar-refractivity contribution is -0.165. The minimum absolute atomic E-state index is 0.0399. The van der Waals surface area contributed by atoms with Crippen LogP contribution < -0.4 is 5.56 Å². The van der Waals surface area contributed by atoms with E-state index >= 15 is 0 Å². The van der Waals surface area contributed by atoms with Gasteiger partial charge < -0.3 is 34.8 Å². The molecule has 0 aliphatic heterocycles. The summed E-state index contributed by atoms with van der Waals surface area (Å²) < 4.78 is 110. The van der Waals surface area contributed by atoms with Crippen molar-refractivity contribution in [3.8, 4) is 11.1 Å². The summed E-state index contributed by atoms with van der Waals surface area (Å²) in [7, 11) is 0. The van der Waals surface area contributed by atoms with Gasteiger partial charge in [0.15, 0.2) is 23.8 Å². The van der Waals surface area contributed by atoms with E-state index in [0.29, 0.717) is 36.3 Å². The molecule has 4 N–H and O–H groups in total. The number of carbonyl (C=O) groups is 3. The van der Waals surface area contributed by atoms with Crippen LogP contribution in [0.5, 0.6) is 0 Å². The second-order valence-electron chi connectivity index (χ2n) is 14.0. The van der Waals surface area contributed by atoms with E-state index in [-0.39, 0.29) is 48.2 Å². The summed E-state index contributed by atoms with van der Waals surface area (Å²) in [6, 6.07) is 17.7. The van der Waals surface area contributed by atoms with Gasteiger partial charge in [-0.2, -0.15) is 31.3 Å². The van der Waals surface area contributed by atoms with Gasteiger partial charge >= 0.3 is 24.3 Å². The number of nitrogens with zero attached hydrogens (tertiary/aromatic N) is 4. The lowest BCUT2D eigenvalue weighted by Gasteiger charge is -2.28. The number of carboxylic acids is 2. The quantitative estimate of drug-likeness (QED) is 0.0811. The Bertz CT molecular complexity index is 2420. The predicted octanol–water partition coefficient (Wildman–Crippen LogP) is 6.41. The number of aliphatic carboxylic acids is 2. The van der Waals surface area contributed by atoms with E-state index in [1.54, 1.807) is 24.3 Å². The molecular formula is C43H42F8N4O8. The Kier molecular flexibility index (Phi) is 16.6. The molecule has 0 aliphatic carbocycles. The number of halogens is 8. The van der Waals surface area contributed by atoms with Gasteiger partial charge in [-0.3, -0.25) is 9.59 Å². The number of carbonyl (C=O) groups excluding carboxylic acids is 1. The summed E-state index contributed by atoms with van der Waals surface area (Å²) >= 11 is 0. The second kappa shape index (κ2) is 21.2. The largest absolute Gasteiger partial charge is 0.479 e. The van der Waals surface area contributed by atoms with E-state index in [9.17, 15) is 54.3 Å². The topological polar surface area (TPSA) is 174 Å². The molecule has 2 unspecified atom stereocenters. The molecule has 4 aromatic carbocycles. The summed E-state index contributed by atoms with van der Waals surface area (Å²) in [5.74, 6) is -6.32. The van der Waals surface area contributed by atoms with Crippen LogP contribution in [-0.2, 0) is 52.7 Å². The van der Waals surface area contributed by atoms with Gasteiger partial charge in [-0.25, -0.2) is 18.4 Å². The highest BCUT2D eigenvalue weighted by Crippen LogP contribution is 2.32. The molecule has 0 fully saturated rings.